The van der Waals surface area contributed by atoms with Gasteiger partial charge in [0.1, 0.15) is 9.16 Å². The van der Waals surface area contributed by atoms with Gasteiger partial charge >= 0.3 is 0 Å². The van der Waals surface area contributed by atoms with Gasteiger partial charge in [0.15, 0.2) is 0 Å². The maximum Gasteiger partial charge on any atom is 0.108 e. The van der Waals surface area contributed by atoms with Crippen molar-refractivity contribution in [2.45, 2.75) is 23.0 Å². The summed E-state index contributed by atoms with van der Waals surface area (Å²) in [5.74, 6) is 0. The SMILES string of the molecule is CC(S(C)=O)S(=O)C(C)S(C)=O. The third-order valence-electron chi connectivity index (χ3n) is 1.59. The summed E-state index contributed by atoms with van der Waals surface area (Å²) in [7, 11) is -3.49. The molecule has 74 valence electrons. The second kappa shape index (κ2) is 5.24. The number of rotatable bonds is 4. The normalized spacial score (nSPS) is 24.0. The molecule has 0 aromatic rings. The fraction of sp³-hybridized carbons (Fsp3) is 1.00. The summed E-state index contributed by atoms with van der Waals surface area (Å²) in [5, 5.41) is 0. The standard InChI is InChI=1S/C6H14O3S3/c1-5(10(3)7)12(9)6(2)11(4)8/h5-6H,1-4H3. The van der Waals surface area contributed by atoms with E-state index >= 15 is 0 Å². The minimum atomic E-state index is -1.27. The lowest BCUT2D eigenvalue weighted by atomic mass is 10.9. The van der Waals surface area contributed by atoms with Gasteiger partial charge < -0.3 is 0 Å². The third kappa shape index (κ3) is 3.45. The van der Waals surface area contributed by atoms with Gasteiger partial charge in [-0.3, -0.25) is 12.6 Å². The minimum Gasteiger partial charge on any atom is -0.259 e. The van der Waals surface area contributed by atoms with Crippen molar-refractivity contribution in [1.82, 2.24) is 0 Å². The second-order valence-corrected chi connectivity index (χ2v) is 8.54. The van der Waals surface area contributed by atoms with Crippen molar-refractivity contribution in [3.05, 3.63) is 0 Å². The van der Waals surface area contributed by atoms with Gasteiger partial charge in [-0.2, -0.15) is 0 Å². The Bertz CT molecular complexity index is 204. The summed E-state index contributed by atoms with van der Waals surface area (Å²) in [6.45, 7) is 3.30. The van der Waals surface area contributed by atoms with Gasteiger partial charge in [-0.05, 0) is 13.8 Å². The van der Waals surface area contributed by atoms with Crippen molar-refractivity contribution in [2.24, 2.45) is 0 Å². The zero-order chi connectivity index (χ0) is 9.89. The largest absolute Gasteiger partial charge is 0.259 e. The Morgan fingerprint density at radius 1 is 0.833 bits per heavy atom. The first kappa shape index (κ1) is 12.4. The van der Waals surface area contributed by atoms with Crippen LogP contribution in [-0.4, -0.2) is 34.3 Å². The molecule has 0 aliphatic rings. The molecule has 0 radical (unpaired) electrons. The van der Waals surface area contributed by atoms with E-state index in [2.05, 4.69) is 0 Å². The molecule has 0 rings (SSSR count). The summed E-state index contributed by atoms with van der Waals surface area (Å²) >= 11 is 0. The topological polar surface area (TPSA) is 51.2 Å². The highest BCUT2D eigenvalue weighted by Gasteiger charge is 2.23. The van der Waals surface area contributed by atoms with Crippen molar-refractivity contribution in [1.29, 1.82) is 0 Å². The zero-order valence-corrected chi connectivity index (χ0v) is 10.1. The molecule has 0 aromatic heterocycles. The Kier molecular flexibility index (Phi) is 5.43. The fourth-order valence-corrected chi connectivity index (χ4v) is 4.42. The molecule has 0 fully saturated rings. The molecule has 6 heteroatoms. The van der Waals surface area contributed by atoms with Gasteiger partial charge in [-0.15, -0.1) is 0 Å². The molecule has 0 amide bonds. The summed E-state index contributed by atoms with van der Waals surface area (Å²) in [5.41, 5.74) is 0. The molecule has 0 aliphatic heterocycles. The van der Waals surface area contributed by atoms with Gasteiger partial charge in [0.05, 0.1) is 10.8 Å². The van der Waals surface area contributed by atoms with Crippen LogP contribution >= 0.6 is 0 Å². The average Bonchev–Trinajstić information content (AvgIpc) is 2.00. The van der Waals surface area contributed by atoms with Crippen LogP contribution in [0.25, 0.3) is 0 Å². The van der Waals surface area contributed by atoms with Crippen LogP contribution in [0.5, 0.6) is 0 Å². The molecular weight excluding hydrogens is 216 g/mol. The summed E-state index contributed by atoms with van der Waals surface area (Å²) in [6, 6.07) is 0. The van der Waals surface area contributed by atoms with E-state index in [1.807, 2.05) is 0 Å². The Morgan fingerprint density at radius 2 is 1.08 bits per heavy atom. The quantitative estimate of drug-likeness (QED) is 0.692. The molecule has 12 heavy (non-hydrogen) atoms. The highest BCUT2D eigenvalue weighted by Crippen LogP contribution is 2.08. The van der Waals surface area contributed by atoms with Gasteiger partial charge in [-0.1, -0.05) is 0 Å². The van der Waals surface area contributed by atoms with Crippen LogP contribution in [0.15, 0.2) is 0 Å². The Hall–Kier alpha value is 0.450. The van der Waals surface area contributed by atoms with Gasteiger partial charge in [0.25, 0.3) is 0 Å². The van der Waals surface area contributed by atoms with E-state index in [0.29, 0.717) is 0 Å². The molecule has 0 saturated carbocycles. The van der Waals surface area contributed by atoms with Crippen LogP contribution < -0.4 is 0 Å². The van der Waals surface area contributed by atoms with Crippen molar-refractivity contribution < 1.29 is 12.6 Å². The first-order valence-corrected chi connectivity index (χ1v) is 7.93. The summed E-state index contributed by atoms with van der Waals surface area (Å²) in [4.78, 5) is 0. The number of hydrogen-bond donors (Lipinski definition) is 0. The predicted molar refractivity (Wildman–Crippen MR) is 55.2 cm³/mol. The minimum absolute atomic E-state index is 0.399. The predicted octanol–water partition coefficient (Wildman–Crippen LogP) is 0.184. The Balaban J connectivity index is 4.39. The number of hydrogen-bond acceptors (Lipinski definition) is 3. The molecule has 0 heterocycles. The summed E-state index contributed by atoms with van der Waals surface area (Å²) in [6.07, 6.45) is 3.02. The Labute approximate surface area is 80.7 Å². The molecule has 4 atom stereocenters. The van der Waals surface area contributed by atoms with Crippen LogP contribution in [0.2, 0.25) is 0 Å². The smallest absolute Gasteiger partial charge is 0.108 e. The first-order chi connectivity index (χ1) is 5.37. The molecule has 0 aromatic carbocycles. The lowest BCUT2D eigenvalue weighted by molar-refractivity contribution is 0.669. The maximum absolute atomic E-state index is 11.5. The average molecular weight is 230 g/mol. The molecular formula is C6H14O3S3. The Morgan fingerprint density at radius 3 is 1.25 bits per heavy atom. The van der Waals surface area contributed by atoms with Crippen molar-refractivity contribution >= 4 is 32.4 Å². The van der Waals surface area contributed by atoms with Crippen LogP contribution in [0, 0.1) is 0 Å². The fourth-order valence-electron chi connectivity index (χ4n) is 0.537. The molecule has 0 aliphatic carbocycles. The van der Waals surface area contributed by atoms with Crippen LogP contribution in [0.3, 0.4) is 0 Å². The van der Waals surface area contributed by atoms with E-state index in [4.69, 9.17) is 0 Å². The van der Waals surface area contributed by atoms with Crippen LogP contribution in [0.1, 0.15) is 13.8 Å². The van der Waals surface area contributed by atoms with Gasteiger partial charge in [0.2, 0.25) is 0 Å². The van der Waals surface area contributed by atoms with Crippen molar-refractivity contribution in [3.63, 3.8) is 0 Å². The van der Waals surface area contributed by atoms with Gasteiger partial charge in [-0.25, -0.2) is 0 Å². The van der Waals surface area contributed by atoms with Crippen LogP contribution in [-0.2, 0) is 32.4 Å². The first-order valence-electron chi connectivity index (χ1n) is 3.41. The maximum atomic E-state index is 11.5. The van der Waals surface area contributed by atoms with Crippen molar-refractivity contribution in [2.75, 3.05) is 12.5 Å². The molecule has 4 unspecified atom stereocenters. The van der Waals surface area contributed by atoms with Crippen LogP contribution in [0.4, 0.5) is 0 Å². The molecule has 0 bridgehead atoms. The van der Waals surface area contributed by atoms with E-state index in [9.17, 15) is 12.6 Å². The van der Waals surface area contributed by atoms with E-state index in [1.54, 1.807) is 13.8 Å². The van der Waals surface area contributed by atoms with Crippen molar-refractivity contribution in [3.8, 4) is 0 Å². The lowest BCUT2D eigenvalue weighted by Gasteiger charge is -2.12. The lowest BCUT2D eigenvalue weighted by Crippen LogP contribution is -2.27. The van der Waals surface area contributed by atoms with E-state index < -0.39 is 41.6 Å². The second-order valence-electron chi connectivity index (χ2n) is 2.46. The highest BCUT2D eigenvalue weighted by molar-refractivity contribution is 8.09. The molecule has 0 N–H and O–H groups in total. The highest BCUT2D eigenvalue weighted by atomic mass is 32.3. The van der Waals surface area contributed by atoms with Gasteiger partial charge in [0, 0.05) is 34.1 Å². The molecule has 0 saturated heterocycles. The van der Waals surface area contributed by atoms with E-state index in [-0.39, 0.29) is 0 Å². The van der Waals surface area contributed by atoms with E-state index in [1.165, 1.54) is 12.5 Å². The molecule has 3 nitrogen and oxygen atoms in total. The summed E-state index contributed by atoms with van der Waals surface area (Å²) < 4.78 is 32.5. The monoisotopic (exact) mass is 230 g/mol. The third-order valence-corrected chi connectivity index (χ3v) is 7.53. The molecule has 0 spiro atoms. The van der Waals surface area contributed by atoms with E-state index in [0.717, 1.165) is 0 Å². The zero-order valence-electron chi connectivity index (χ0n) is 7.60.